The number of benzene rings is 1. The molecule has 146 valence electrons. The normalized spacial score (nSPS) is 15.7. The van der Waals surface area contributed by atoms with Crippen molar-refractivity contribution in [3.05, 3.63) is 69.9 Å². The lowest BCUT2D eigenvalue weighted by Gasteiger charge is -2.36. The van der Waals surface area contributed by atoms with Gasteiger partial charge in [-0.25, -0.2) is 14.4 Å². The number of nitrogens with zero attached hydrogens (tertiary/aromatic N) is 5. The molecule has 1 aliphatic heterocycles. The molecule has 2 heterocycles. The topological polar surface area (TPSA) is 44.1 Å². The predicted molar refractivity (Wildman–Crippen MR) is 115 cm³/mol. The molecule has 3 rings (SSSR count). The van der Waals surface area contributed by atoms with Gasteiger partial charge in [0, 0.05) is 51.1 Å². The minimum absolute atomic E-state index is 0.0565. The average Bonchev–Trinajstić information content (AvgIpc) is 2.72. The highest BCUT2D eigenvalue weighted by Gasteiger charge is 2.21. The van der Waals surface area contributed by atoms with Crippen LogP contribution in [0.1, 0.15) is 5.56 Å². The first kappa shape index (κ1) is 20.3. The van der Waals surface area contributed by atoms with Crippen molar-refractivity contribution in [1.29, 1.82) is 0 Å². The van der Waals surface area contributed by atoms with Crippen LogP contribution >= 0.6 is 23.2 Å². The number of allylic oxidation sites excluding steroid dienone is 1. The zero-order valence-electron chi connectivity index (χ0n) is 15.4. The zero-order valence-corrected chi connectivity index (χ0v) is 17.0. The second-order valence-corrected chi connectivity index (χ2v) is 7.00. The molecule has 1 fully saturated rings. The molecule has 0 N–H and O–H groups in total. The fraction of sp³-hybridized carbons (Fsp3) is 0.250. The van der Waals surface area contributed by atoms with Crippen molar-refractivity contribution >= 4 is 41.4 Å². The highest BCUT2D eigenvalue weighted by molar-refractivity contribution is 6.33. The largest absolute Gasteiger partial charge is 0.353 e. The van der Waals surface area contributed by atoms with E-state index in [2.05, 4.69) is 31.5 Å². The number of pyridine rings is 1. The fourth-order valence-corrected chi connectivity index (χ4v) is 3.47. The number of aliphatic imine (C=N–C) groups is 2. The number of hydrogen-bond donors (Lipinski definition) is 0. The van der Waals surface area contributed by atoms with E-state index >= 15 is 0 Å². The van der Waals surface area contributed by atoms with Crippen LogP contribution in [0.2, 0.25) is 10.0 Å². The maximum Gasteiger partial charge on any atom is 0.147 e. The Hall–Kier alpha value is -2.44. The Bertz CT molecular complexity index is 921. The molecule has 0 atom stereocenters. The summed E-state index contributed by atoms with van der Waals surface area (Å²) >= 11 is 12.2. The van der Waals surface area contributed by atoms with Gasteiger partial charge in [-0.2, -0.15) is 0 Å². The third-order valence-corrected chi connectivity index (χ3v) is 5.11. The lowest BCUT2D eigenvalue weighted by Crippen LogP contribution is -2.46. The SMILES string of the molecule is C=N/C(=C\C(=N/C)c1ccc(F)c(Cl)c1)N1CCN(c2ncccc2Cl)CC1. The van der Waals surface area contributed by atoms with Crippen LogP contribution in [0.15, 0.2) is 58.4 Å². The van der Waals surface area contributed by atoms with Crippen LogP contribution < -0.4 is 4.90 Å². The predicted octanol–water partition coefficient (Wildman–Crippen LogP) is 4.31. The van der Waals surface area contributed by atoms with Gasteiger partial charge in [0.05, 0.1) is 15.8 Å². The van der Waals surface area contributed by atoms with Crippen LogP contribution in [0.4, 0.5) is 10.2 Å². The van der Waals surface area contributed by atoms with Crippen molar-refractivity contribution in [2.75, 3.05) is 38.1 Å². The molecule has 1 aromatic heterocycles. The van der Waals surface area contributed by atoms with E-state index in [1.165, 1.54) is 6.07 Å². The van der Waals surface area contributed by atoms with Gasteiger partial charge >= 0.3 is 0 Å². The van der Waals surface area contributed by atoms with E-state index in [1.54, 1.807) is 25.4 Å². The summed E-state index contributed by atoms with van der Waals surface area (Å²) in [6.45, 7) is 6.67. The monoisotopic (exact) mass is 419 g/mol. The molecule has 0 saturated carbocycles. The lowest BCUT2D eigenvalue weighted by molar-refractivity contribution is 0.319. The summed E-state index contributed by atoms with van der Waals surface area (Å²) in [4.78, 5) is 17.1. The second kappa shape index (κ2) is 9.17. The number of anilines is 1. The minimum Gasteiger partial charge on any atom is -0.353 e. The summed E-state index contributed by atoms with van der Waals surface area (Å²) in [6, 6.07) is 8.18. The van der Waals surface area contributed by atoms with Crippen molar-refractivity contribution in [2.24, 2.45) is 9.98 Å². The molecule has 0 aliphatic carbocycles. The quantitative estimate of drug-likeness (QED) is 0.678. The van der Waals surface area contributed by atoms with Crippen LogP contribution in [0.5, 0.6) is 0 Å². The molecular formula is C20H20Cl2FN5. The molecule has 0 spiro atoms. The van der Waals surface area contributed by atoms with Gasteiger partial charge in [0.25, 0.3) is 0 Å². The lowest BCUT2D eigenvalue weighted by atomic mass is 10.1. The van der Waals surface area contributed by atoms with E-state index in [0.29, 0.717) is 22.1 Å². The van der Waals surface area contributed by atoms with E-state index in [-0.39, 0.29) is 5.02 Å². The van der Waals surface area contributed by atoms with Crippen molar-refractivity contribution in [3.8, 4) is 0 Å². The molecule has 0 bridgehead atoms. The van der Waals surface area contributed by atoms with E-state index in [1.807, 2.05) is 18.2 Å². The van der Waals surface area contributed by atoms with Gasteiger partial charge in [0.15, 0.2) is 0 Å². The Kier molecular flexibility index (Phi) is 6.65. The summed E-state index contributed by atoms with van der Waals surface area (Å²) in [5, 5.41) is 0.697. The van der Waals surface area contributed by atoms with Gasteiger partial charge < -0.3 is 9.80 Å². The van der Waals surface area contributed by atoms with Crippen LogP contribution in [0, 0.1) is 5.82 Å². The third-order valence-electron chi connectivity index (χ3n) is 4.53. The maximum absolute atomic E-state index is 13.4. The Morgan fingerprint density at radius 1 is 1.18 bits per heavy atom. The first-order valence-corrected chi connectivity index (χ1v) is 9.50. The molecule has 0 amide bonds. The van der Waals surface area contributed by atoms with Gasteiger partial charge in [0.1, 0.15) is 17.5 Å². The van der Waals surface area contributed by atoms with Crippen LogP contribution in [0.25, 0.3) is 0 Å². The van der Waals surface area contributed by atoms with Gasteiger partial charge in [0.2, 0.25) is 0 Å². The van der Waals surface area contributed by atoms with E-state index in [0.717, 1.165) is 32.0 Å². The Morgan fingerprint density at radius 2 is 1.93 bits per heavy atom. The van der Waals surface area contributed by atoms with Crippen LogP contribution in [-0.2, 0) is 0 Å². The molecule has 2 aromatic rings. The van der Waals surface area contributed by atoms with Crippen molar-refractivity contribution in [2.45, 2.75) is 0 Å². The standard InChI is InChI=1S/C20H20Cl2FN5/c1-24-18(14-5-6-17(23)16(22)12-14)13-19(25-2)27-8-10-28(11-9-27)20-15(21)4-3-7-26-20/h3-7,12-13H,2,8-11H2,1H3/b19-13+,24-18+. The second-order valence-electron chi connectivity index (χ2n) is 6.18. The summed E-state index contributed by atoms with van der Waals surface area (Å²) < 4.78 is 13.4. The van der Waals surface area contributed by atoms with Gasteiger partial charge in [-0.1, -0.05) is 23.2 Å². The molecule has 1 saturated heterocycles. The number of aromatic nitrogens is 1. The van der Waals surface area contributed by atoms with Crippen LogP contribution in [-0.4, -0.2) is 55.5 Å². The van der Waals surface area contributed by atoms with Crippen molar-refractivity contribution in [1.82, 2.24) is 9.88 Å². The van der Waals surface area contributed by atoms with E-state index in [9.17, 15) is 4.39 Å². The molecule has 8 heteroatoms. The molecule has 1 aliphatic rings. The molecule has 28 heavy (non-hydrogen) atoms. The Balaban J connectivity index is 1.75. The number of halogens is 3. The minimum atomic E-state index is -0.462. The zero-order chi connectivity index (χ0) is 20.1. The van der Waals surface area contributed by atoms with Gasteiger partial charge in [-0.15, -0.1) is 0 Å². The molecule has 0 radical (unpaired) electrons. The highest BCUT2D eigenvalue weighted by Crippen LogP contribution is 2.24. The first-order valence-electron chi connectivity index (χ1n) is 8.74. The summed E-state index contributed by atoms with van der Waals surface area (Å²) in [7, 11) is 1.67. The number of piperazine rings is 1. The first-order chi connectivity index (χ1) is 13.5. The number of rotatable bonds is 5. The summed E-state index contributed by atoms with van der Waals surface area (Å²) in [6.07, 6.45) is 3.57. The molecule has 5 nitrogen and oxygen atoms in total. The Labute approximate surface area is 173 Å². The summed E-state index contributed by atoms with van der Waals surface area (Å²) in [5.74, 6) is 1.03. The molecule has 0 unspecified atom stereocenters. The average molecular weight is 420 g/mol. The highest BCUT2D eigenvalue weighted by atomic mass is 35.5. The fourth-order valence-electron chi connectivity index (χ4n) is 3.05. The summed E-state index contributed by atoms with van der Waals surface area (Å²) in [5.41, 5.74) is 1.37. The van der Waals surface area contributed by atoms with E-state index in [4.69, 9.17) is 23.2 Å². The van der Waals surface area contributed by atoms with Gasteiger partial charge in [-0.05, 0) is 37.0 Å². The third kappa shape index (κ3) is 4.51. The van der Waals surface area contributed by atoms with E-state index < -0.39 is 5.82 Å². The molecular weight excluding hydrogens is 400 g/mol. The Morgan fingerprint density at radius 3 is 2.54 bits per heavy atom. The molecule has 1 aromatic carbocycles. The van der Waals surface area contributed by atoms with Crippen molar-refractivity contribution in [3.63, 3.8) is 0 Å². The smallest absolute Gasteiger partial charge is 0.147 e. The van der Waals surface area contributed by atoms with Crippen LogP contribution in [0.3, 0.4) is 0 Å². The van der Waals surface area contributed by atoms with Crippen molar-refractivity contribution < 1.29 is 4.39 Å². The maximum atomic E-state index is 13.4. The van der Waals surface area contributed by atoms with Gasteiger partial charge in [-0.3, -0.25) is 4.99 Å². The number of hydrogen-bond acceptors (Lipinski definition) is 5.